The molecule has 2 aliphatic carbocycles. The van der Waals surface area contributed by atoms with Crippen LogP contribution >= 0.6 is 0 Å². The molecule has 0 saturated carbocycles. The van der Waals surface area contributed by atoms with E-state index in [1.54, 1.807) is 67.7 Å². The third-order valence-corrected chi connectivity index (χ3v) is 14.9. The molecule has 0 aromatic heterocycles. The summed E-state index contributed by atoms with van der Waals surface area (Å²) in [5, 5.41) is 24.6. The van der Waals surface area contributed by atoms with Crippen molar-refractivity contribution < 1.29 is 67.0 Å². The number of carbonyl (C=O) groups excluding carboxylic acids is 3. The number of aromatic carboxylic acids is 1. The average Bonchev–Trinajstić information content (AvgIpc) is 3.56. The number of likely N-dealkylation sites (tertiary alicyclic amines) is 1. The molecule has 0 spiro atoms. The Balaban J connectivity index is 0.965. The number of ether oxygens (including phenoxy) is 7. The van der Waals surface area contributed by atoms with Gasteiger partial charge in [-0.1, -0.05) is 48.6 Å². The number of methoxy groups -OCH3 is 5. The van der Waals surface area contributed by atoms with Crippen LogP contribution in [0.3, 0.4) is 0 Å². The van der Waals surface area contributed by atoms with Gasteiger partial charge < -0.3 is 58.0 Å². The maximum absolute atomic E-state index is 15.2. The van der Waals surface area contributed by atoms with E-state index in [4.69, 9.17) is 37.6 Å². The zero-order chi connectivity index (χ0) is 56.5. The Kier molecular flexibility index (Phi) is 17.6. The Hall–Kier alpha value is -8.99. The summed E-state index contributed by atoms with van der Waals surface area (Å²) in [5.41, 5.74) is 3.49. The molecule has 1 fully saturated rings. The average molecular weight is 1090 g/mol. The van der Waals surface area contributed by atoms with Gasteiger partial charge in [-0.25, -0.2) is 9.59 Å². The van der Waals surface area contributed by atoms with E-state index in [9.17, 15) is 29.4 Å². The van der Waals surface area contributed by atoms with Crippen molar-refractivity contribution in [1.82, 2.24) is 10.2 Å². The van der Waals surface area contributed by atoms with Crippen molar-refractivity contribution in [3.8, 4) is 62.7 Å². The van der Waals surface area contributed by atoms with E-state index in [1.807, 2.05) is 36.4 Å². The maximum atomic E-state index is 15.2. The SMILES string of the molecule is COc1ccc(CC[C@@H](OC(=O)[C@@H]2CCCCN2C(=O)[C@H](c2cc(OC)c(OC)c(OC)c2)[C@H]2C=CCCC2)c2cccc(OCC(=O)NCc3c(O)ccc4c(-c5ccccc5C(=O)O)c5ccc(=O)cc-5oc34)c2)cc1OC. The molecule has 17 nitrogen and oxygen atoms in total. The first-order valence-corrected chi connectivity index (χ1v) is 26.6. The molecule has 1 saturated heterocycles. The van der Waals surface area contributed by atoms with Gasteiger partial charge in [0.2, 0.25) is 11.7 Å². The number of hydrogen-bond donors (Lipinski definition) is 3. The third kappa shape index (κ3) is 12.0. The molecular formula is C63H64N2O15. The predicted octanol–water partition coefficient (Wildman–Crippen LogP) is 10.4. The summed E-state index contributed by atoms with van der Waals surface area (Å²) in [5.74, 6) is -0.672. The number of phenols is 1. The number of nitrogens with one attached hydrogen (secondary N) is 1. The van der Waals surface area contributed by atoms with Gasteiger partial charge in [-0.15, -0.1) is 0 Å². The van der Waals surface area contributed by atoms with Gasteiger partial charge in [0.25, 0.3) is 5.91 Å². The quantitative estimate of drug-likeness (QED) is 0.0346. The number of hydrogen-bond acceptors (Lipinski definition) is 14. The van der Waals surface area contributed by atoms with E-state index in [1.165, 1.54) is 45.6 Å². The van der Waals surface area contributed by atoms with Crippen LogP contribution in [0.25, 0.3) is 33.4 Å². The molecule has 3 N–H and O–H groups in total. The molecule has 17 heteroatoms. The number of phenolic OH excluding ortho intramolecular Hbond substituents is 1. The van der Waals surface area contributed by atoms with Crippen molar-refractivity contribution in [2.45, 2.75) is 76.0 Å². The van der Waals surface area contributed by atoms with Crippen molar-refractivity contribution in [2.75, 3.05) is 48.7 Å². The van der Waals surface area contributed by atoms with Crippen LogP contribution < -0.4 is 39.2 Å². The predicted molar refractivity (Wildman–Crippen MR) is 298 cm³/mol. The van der Waals surface area contributed by atoms with Gasteiger partial charge in [-0.05, 0) is 146 Å². The number of esters is 1. The number of carboxylic acids is 1. The summed E-state index contributed by atoms with van der Waals surface area (Å²) in [6.45, 7) is -0.328. The molecule has 5 aromatic rings. The van der Waals surface area contributed by atoms with Crippen LogP contribution in [0.5, 0.6) is 40.2 Å². The number of allylic oxidation sites excluding steroid dienone is 2. The van der Waals surface area contributed by atoms with Crippen molar-refractivity contribution in [2.24, 2.45) is 5.92 Å². The minimum Gasteiger partial charge on any atom is -0.507 e. The highest BCUT2D eigenvalue weighted by atomic mass is 16.5. The Bertz CT molecular complexity index is 3450. The molecule has 4 atom stereocenters. The number of rotatable bonds is 21. The minimum atomic E-state index is -1.16. The molecule has 0 radical (unpaired) electrons. The molecule has 2 amide bonds. The van der Waals surface area contributed by atoms with Gasteiger partial charge >= 0.3 is 11.9 Å². The van der Waals surface area contributed by atoms with Crippen LogP contribution in [-0.2, 0) is 32.1 Å². The van der Waals surface area contributed by atoms with Crippen molar-refractivity contribution in [3.63, 3.8) is 0 Å². The van der Waals surface area contributed by atoms with E-state index in [-0.39, 0.29) is 52.0 Å². The fourth-order valence-electron chi connectivity index (χ4n) is 11.0. The largest absolute Gasteiger partial charge is 0.507 e. The van der Waals surface area contributed by atoms with E-state index in [2.05, 4.69) is 17.5 Å². The number of fused-ring (bicyclic) bond motifs is 2. The number of benzene rings is 6. The van der Waals surface area contributed by atoms with Crippen LogP contribution in [0.1, 0.15) is 89.6 Å². The number of piperidine rings is 1. The summed E-state index contributed by atoms with van der Waals surface area (Å²) < 4.78 is 47.0. The van der Waals surface area contributed by atoms with E-state index < -0.39 is 42.5 Å². The lowest BCUT2D eigenvalue weighted by Crippen LogP contribution is -2.51. The first kappa shape index (κ1) is 55.8. The Morgan fingerprint density at radius 2 is 1.52 bits per heavy atom. The van der Waals surface area contributed by atoms with Crippen LogP contribution in [0.15, 0.2) is 131 Å². The second kappa shape index (κ2) is 25.2. The normalized spacial score (nSPS) is 15.8. The lowest BCUT2D eigenvalue weighted by molar-refractivity contribution is -0.163. The highest BCUT2D eigenvalue weighted by Crippen LogP contribution is 2.46. The van der Waals surface area contributed by atoms with Gasteiger partial charge in [0.1, 0.15) is 35.0 Å². The lowest BCUT2D eigenvalue weighted by atomic mass is 9.78. The van der Waals surface area contributed by atoms with Crippen molar-refractivity contribution in [1.29, 1.82) is 0 Å². The number of carboxylic acid groups (broad SMARTS) is 1. The molecule has 4 aliphatic rings. The van der Waals surface area contributed by atoms with Gasteiger partial charge in [0, 0.05) is 29.1 Å². The van der Waals surface area contributed by atoms with Crippen LogP contribution in [0.4, 0.5) is 0 Å². The molecular weight excluding hydrogens is 1020 g/mol. The molecule has 9 rings (SSSR count). The molecule has 2 aliphatic heterocycles. The summed E-state index contributed by atoms with van der Waals surface area (Å²) in [6, 6.07) is 29.0. The van der Waals surface area contributed by atoms with Gasteiger partial charge in [0.15, 0.2) is 35.0 Å². The van der Waals surface area contributed by atoms with Crippen LogP contribution in [0.2, 0.25) is 0 Å². The number of aryl methyl sites for hydroxylation is 1. The van der Waals surface area contributed by atoms with E-state index in [0.29, 0.717) is 106 Å². The Labute approximate surface area is 462 Å². The molecule has 416 valence electrons. The second-order valence-electron chi connectivity index (χ2n) is 19.7. The smallest absolute Gasteiger partial charge is 0.336 e. The maximum Gasteiger partial charge on any atom is 0.336 e. The summed E-state index contributed by atoms with van der Waals surface area (Å²) in [7, 11) is 7.72. The third-order valence-electron chi connectivity index (χ3n) is 14.9. The van der Waals surface area contributed by atoms with Gasteiger partial charge in [-0.2, -0.15) is 0 Å². The first-order chi connectivity index (χ1) is 38.8. The number of carbonyl (C=O) groups is 4. The minimum absolute atomic E-state index is 0.0210. The standard InChI is InChI=1S/C63H64N2O15/c1-73-51-28-22-37(30-53(51)74-2)21-27-50(80-63(72)48-20-11-12-29-65(48)61(69)57(38-14-7-6-8-15-38)40-32-54(75-3)60(77-5)55(33-40)76-4)39-16-13-17-42(31-39)78-36-56(68)64-35-47-49(67)26-25-46-58(43-18-9-10-19-44(43)62(70)71)45-24-23-41(66)34-52(45)79-59(46)47/h7,9-10,13-14,16-19,22-26,28,30-34,38,48,50,57,67H,6,8,11-12,15,20-21,27,29,35-36H2,1-5H3,(H,64,68)(H,70,71)/t38-,48-,50+,57-/m0/s1. The summed E-state index contributed by atoms with van der Waals surface area (Å²) >= 11 is 0. The zero-order valence-corrected chi connectivity index (χ0v) is 45.3. The van der Waals surface area contributed by atoms with Gasteiger partial charge in [-0.3, -0.25) is 14.4 Å². The van der Waals surface area contributed by atoms with Crippen LogP contribution in [-0.4, -0.2) is 93.6 Å². The number of nitrogens with zero attached hydrogens (tertiary/aromatic N) is 1. The lowest BCUT2D eigenvalue weighted by Gasteiger charge is -2.39. The van der Waals surface area contributed by atoms with E-state index in [0.717, 1.165) is 24.8 Å². The number of aromatic hydroxyl groups is 1. The summed E-state index contributed by atoms with van der Waals surface area (Å²) in [6.07, 6.45) is 8.53. The number of amides is 2. The summed E-state index contributed by atoms with van der Waals surface area (Å²) in [4.78, 5) is 70.4. The Morgan fingerprint density at radius 3 is 2.25 bits per heavy atom. The van der Waals surface area contributed by atoms with Gasteiger partial charge in [0.05, 0.1) is 59.1 Å². The monoisotopic (exact) mass is 1090 g/mol. The first-order valence-electron chi connectivity index (χ1n) is 26.6. The molecule has 80 heavy (non-hydrogen) atoms. The molecule has 0 unspecified atom stereocenters. The highest BCUT2D eigenvalue weighted by molar-refractivity contribution is 6.08. The fraction of sp³-hybridized carbons (Fsp3) is 0.317. The van der Waals surface area contributed by atoms with Crippen molar-refractivity contribution >= 4 is 34.7 Å². The highest BCUT2D eigenvalue weighted by Gasteiger charge is 2.41. The second-order valence-corrected chi connectivity index (χ2v) is 19.7. The van der Waals surface area contributed by atoms with Crippen LogP contribution in [0, 0.1) is 5.92 Å². The molecule has 5 aromatic carbocycles. The fourth-order valence-corrected chi connectivity index (χ4v) is 11.0. The molecule has 0 bridgehead atoms. The Morgan fingerprint density at radius 1 is 0.750 bits per heavy atom. The zero-order valence-electron chi connectivity index (χ0n) is 45.3. The molecule has 2 heterocycles. The van der Waals surface area contributed by atoms with E-state index >= 15 is 4.79 Å². The van der Waals surface area contributed by atoms with Crippen molar-refractivity contribution in [3.05, 3.63) is 159 Å². The topological polar surface area (TPSA) is 219 Å².